The minimum absolute atomic E-state index is 0.0548. The number of hydrogen-bond acceptors (Lipinski definition) is 3. The lowest BCUT2D eigenvalue weighted by Crippen LogP contribution is -2.36. The van der Waals surface area contributed by atoms with Crippen molar-refractivity contribution in [1.82, 2.24) is 24.2 Å². The number of carbonyl (C=O) groups is 1. The summed E-state index contributed by atoms with van der Waals surface area (Å²) in [5.74, 6) is -4.02. The lowest BCUT2D eigenvalue weighted by atomic mass is 9.98. The molecule has 1 aliphatic heterocycles. The van der Waals surface area contributed by atoms with Crippen molar-refractivity contribution in [3.05, 3.63) is 77.2 Å². The highest BCUT2D eigenvalue weighted by Crippen LogP contribution is 2.31. The van der Waals surface area contributed by atoms with Gasteiger partial charge in [-0.1, -0.05) is 12.7 Å². The Morgan fingerprint density at radius 1 is 1.30 bits per heavy atom. The maximum absolute atomic E-state index is 14.6. The van der Waals surface area contributed by atoms with Gasteiger partial charge in [0.1, 0.15) is 12.3 Å². The molecule has 3 aromatic heterocycles. The molecule has 0 unspecified atom stereocenters. The van der Waals surface area contributed by atoms with Gasteiger partial charge in [-0.2, -0.15) is 5.10 Å². The molecule has 0 aromatic carbocycles. The summed E-state index contributed by atoms with van der Waals surface area (Å²) in [6.07, 6.45) is 5.30. The van der Waals surface area contributed by atoms with E-state index in [1.165, 1.54) is 15.7 Å². The summed E-state index contributed by atoms with van der Waals surface area (Å²) in [5, 5.41) is 4.85. The van der Waals surface area contributed by atoms with Crippen LogP contribution in [-0.4, -0.2) is 43.4 Å². The molecule has 0 atom stereocenters. The molecule has 10 heteroatoms. The van der Waals surface area contributed by atoms with Crippen molar-refractivity contribution in [1.29, 1.82) is 0 Å². The number of aryl methyl sites for hydroxylation is 2. The first-order valence-electron chi connectivity index (χ1n) is 10.1. The molecule has 0 radical (unpaired) electrons. The van der Waals surface area contributed by atoms with Crippen LogP contribution >= 0.6 is 0 Å². The quantitative estimate of drug-likeness (QED) is 0.422. The molecule has 0 saturated carbocycles. The van der Waals surface area contributed by atoms with Crippen LogP contribution in [0.1, 0.15) is 27.3 Å². The number of hydrogen-bond donors (Lipinski definition) is 0. The fourth-order valence-corrected chi connectivity index (χ4v) is 4.12. The molecule has 6 nitrogen and oxygen atoms in total. The molecular weight excluding hydrogens is 438 g/mol. The molecule has 4 rings (SSSR count). The number of carbonyl (C=O) groups excluding carboxylic acids is 1. The largest absolute Gasteiger partial charge is 0.336 e. The van der Waals surface area contributed by atoms with Crippen molar-refractivity contribution in [3.8, 4) is 0 Å². The van der Waals surface area contributed by atoms with Crippen molar-refractivity contribution in [3.63, 3.8) is 0 Å². The highest BCUT2D eigenvalue weighted by molar-refractivity contribution is 6.06. The molecule has 0 spiro atoms. The van der Waals surface area contributed by atoms with Gasteiger partial charge in [0.05, 0.1) is 29.7 Å². The van der Waals surface area contributed by atoms with Gasteiger partial charge in [0, 0.05) is 43.4 Å². The zero-order valence-corrected chi connectivity index (χ0v) is 18.1. The van der Waals surface area contributed by atoms with Crippen LogP contribution in [0, 0.1) is 5.82 Å². The highest BCUT2D eigenvalue weighted by atomic mass is 19.2. The summed E-state index contributed by atoms with van der Waals surface area (Å²) < 4.78 is 57.5. The second-order valence-corrected chi connectivity index (χ2v) is 7.71. The van der Waals surface area contributed by atoms with Gasteiger partial charge in [0.2, 0.25) is 0 Å². The average molecular weight is 459 g/mol. The van der Waals surface area contributed by atoms with E-state index >= 15 is 0 Å². The molecule has 0 bridgehead atoms. The number of aromatic nitrogens is 4. The summed E-state index contributed by atoms with van der Waals surface area (Å²) in [6, 6.07) is 1.65. The molecule has 0 fully saturated rings. The Balaban J connectivity index is 1.69. The maximum Gasteiger partial charge on any atom is 0.258 e. The molecule has 172 valence electrons. The average Bonchev–Trinajstić information content (AvgIpc) is 3.34. The molecule has 33 heavy (non-hydrogen) atoms. The van der Waals surface area contributed by atoms with Crippen molar-refractivity contribution >= 4 is 22.5 Å². The lowest BCUT2D eigenvalue weighted by Gasteiger charge is -2.27. The number of halogens is 4. The third-order valence-electron chi connectivity index (χ3n) is 5.70. The summed E-state index contributed by atoms with van der Waals surface area (Å²) >= 11 is 0. The van der Waals surface area contributed by atoms with Crippen molar-refractivity contribution < 1.29 is 22.4 Å². The fourth-order valence-electron chi connectivity index (χ4n) is 4.12. The standard InChI is InChI=1S/C23H21F4N5O/c1-4-13(9-16(25)17(26)10-24)21-14-6-8-32(12-19(14)29-31(21)3)23(33)20-15-5-7-30(2)22(15)28-11-18(20)27/h4-5,7,9,11H,1,6,8,10,12H2,2-3H3/b13-9+,17-16-. The summed E-state index contributed by atoms with van der Waals surface area (Å²) in [7, 11) is 3.38. The smallest absolute Gasteiger partial charge is 0.258 e. The number of rotatable bonds is 5. The van der Waals surface area contributed by atoms with Gasteiger partial charge in [-0.3, -0.25) is 9.48 Å². The first kappa shape index (κ1) is 22.5. The van der Waals surface area contributed by atoms with E-state index in [1.54, 1.807) is 30.9 Å². The number of alkyl halides is 1. The van der Waals surface area contributed by atoms with Crippen LogP contribution in [-0.2, 0) is 27.1 Å². The number of pyridine rings is 1. The zero-order valence-electron chi connectivity index (χ0n) is 18.1. The van der Waals surface area contributed by atoms with Gasteiger partial charge in [-0.05, 0) is 18.6 Å². The molecule has 0 N–H and O–H groups in total. The van der Waals surface area contributed by atoms with E-state index in [0.29, 0.717) is 28.8 Å². The van der Waals surface area contributed by atoms with E-state index in [1.807, 2.05) is 0 Å². The number of nitrogens with zero attached hydrogens (tertiary/aromatic N) is 5. The first-order valence-corrected chi connectivity index (χ1v) is 10.1. The van der Waals surface area contributed by atoms with Crippen LogP contribution in [0.4, 0.5) is 17.6 Å². The molecule has 1 amide bonds. The van der Waals surface area contributed by atoms with Gasteiger partial charge >= 0.3 is 0 Å². The second-order valence-electron chi connectivity index (χ2n) is 7.71. The Morgan fingerprint density at radius 3 is 2.76 bits per heavy atom. The van der Waals surface area contributed by atoms with E-state index in [4.69, 9.17) is 0 Å². The van der Waals surface area contributed by atoms with E-state index in [9.17, 15) is 22.4 Å². The van der Waals surface area contributed by atoms with E-state index in [2.05, 4.69) is 16.7 Å². The van der Waals surface area contributed by atoms with Gasteiger partial charge < -0.3 is 9.47 Å². The van der Waals surface area contributed by atoms with Crippen LogP contribution in [0.5, 0.6) is 0 Å². The maximum atomic E-state index is 14.6. The van der Waals surface area contributed by atoms with Gasteiger partial charge in [-0.25, -0.2) is 22.5 Å². The SMILES string of the molecule is C=C/C(=C\C(F)=C(\F)CF)c1c2c(nn1C)CN(C(=O)c1c(F)cnc3c1ccn3C)CC2. The monoisotopic (exact) mass is 459 g/mol. The minimum atomic E-state index is -1.55. The molecule has 0 saturated heterocycles. The van der Waals surface area contributed by atoms with E-state index < -0.39 is 30.1 Å². The predicted octanol–water partition coefficient (Wildman–Crippen LogP) is 4.33. The van der Waals surface area contributed by atoms with Crippen LogP contribution < -0.4 is 0 Å². The third-order valence-corrected chi connectivity index (χ3v) is 5.70. The van der Waals surface area contributed by atoms with Crippen molar-refractivity contribution in [2.75, 3.05) is 13.2 Å². The topological polar surface area (TPSA) is 56.0 Å². The summed E-state index contributed by atoms with van der Waals surface area (Å²) in [4.78, 5) is 18.8. The van der Waals surface area contributed by atoms with Crippen molar-refractivity contribution in [2.24, 2.45) is 14.1 Å². The second kappa shape index (κ2) is 8.68. The number of amides is 1. The number of fused-ring (bicyclic) bond motifs is 2. The first-order chi connectivity index (χ1) is 15.8. The molecule has 1 aliphatic rings. The Hall–Kier alpha value is -3.69. The van der Waals surface area contributed by atoms with E-state index in [-0.39, 0.29) is 24.2 Å². The van der Waals surface area contributed by atoms with Gasteiger partial charge in [0.15, 0.2) is 17.5 Å². The van der Waals surface area contributed by atoms with Crippen LogP contribution in [0.15, 0.2) is 48.8 Å². The van der Waals surface area contributed by atoms with Gasteiger partial charge in [-0.15, -0.1) is 0 Å². The molecule has 4 heterocycles. The minimum Gasteiger partial charge on any atom is -0.336 e. The summed E-state index contributed by atoms with van der Waals surface area (Å²) in [6.45, 7) is 2.47. The van der Waals surface area contributed by atoms with Crippen LogP contribution in [0.2, 0.25) is 0 Å². The lowest BCUT2D eigenvalue weighted by molar-refractivity contribution is 0.0729. The van der Waals surface area contributed by atoms with Gasteiger partial charge in [0.25, 0.3) is 5.91 Å². The Kier molecular flexibility index (Phi) is 5.92. The molecular formula is C23H21F4N5O. The Morgan fingerprint density at radius 2 is 2.06 bits per heavy atom. The molecule has 0 aliphatic carbocycles. The summed E-state index contributed by atoms with van der Waals surface area (Å²) in [5.41, 5.74) is 2.46. The third kappa shape index (κ3) is 3.85. The van der Waals surface area contributed by atoms with Crippen molar-refractivity contribution in [2.45, 2.75) is 13.0 Å². The zero-order chi connectivity index (χ0) is 23.9. The highest BCUT2D eigenvalue weighted by Gasteiger charge is 2.30. The normalized spacial score (nSPS) is 15.0. The number of allylic oxidation sites excluding steroid dienone is 5. The predicted molar refractivity (Wildman–Crippen MR) is 116 cm³/mol. The fraction of sp³-hybridized carbons (Fsp3) is 0.261. The molecule has 3 aromatic rings. The Labute approximate surface area is 187 Å². The van der Waals surface area contributed by atoms with Crippen LogP contribution in [0.3, 0.4) is 0 Å². The Bertz CT molecular complexity index is 1330. The van der Waals surface area contributed by atoms with Crippen LogP contribution in [0.25, 0.3) is 16.6 Å². The van der Waals surface area contributed by atoms with E-state index in [0.717, 1.165) is 17.8 Å².